The second-order valence-electron chi connectivity index (χ2n) is 14.2. The van der Waals surface area contributed by atoms with Gasteiger partial charge in [-0.25, -0.2) is 4.79 Å². The van der Waals surface area contributed by atoms with Crippen molar-refractivity contribution in [2.24, 2.45) is 52.3 Å². The Morgan fingerprint density at radius 1 is 1.10 bits per heavy atom. The number of nitrogens with zero attached hydrogens (tertiary/aromatic N) is 1. The summed E-state index contributed by atoms with van der Waals surface area (Å²) in [6.07, 6.45) is 9.21. The fraction of sp³-hybridized carbons (Fsp3) is 0.758. The Labute approximate surface area is 237 Å². The molecule has 0 aliphatic heterocycles. The number of rotatable bonds is 7. The minimum Gasteiger partial charge on any atom is -0.493 e. The van der Waals surface area contributed by atoms with Gasteiger partial charge in [0.05, 0.1) is 24.2 Å². The highest BCUT2D eigenvalue weighted by molar-refractivity contribution is 6.00. The van der Waals surface area contributed by atoms with Crippen molar-refractivity contribution in [2.45, 2.75) is 97.7 Å². The van der Waals surface area contributed by atoms with E-state index in [4.69, 9.17) is 9.26 Å². The molecule has 0 saturated heterocycles. The molecule has 7 nitrogen and oxygen atoms in total. The van der Waals surface area contributed by atoms with E-state index < -0.39 is 5.97 Å². The molecular formula is C33H47NO6. The van der Waals surface area contributed by atoms with Crippen molar-refractivity contribution in [3.8, 4) is 5.75 Å². The Morgan fingerprint density at radius 3 is 2.60 bits per heavy atom. The van der Waals surface area contributed by atoms with Gasteiger partial charge in [-0.1, -0.05) is 39.3 Å². The maximum absolute atomic E-state index is 11.9. The first-order chi connectivity index (χ1) is 19.1. The van der Waals surface area contributed by atoms with E-state index in [2.05, 4.69) is 32.9 Å². The molecule has 0 spiro atoms. The minimum atomic E-state index is -1.10. The van der Waals surface area contributed by atoms with Crippen LogP contribution in [0.5, 0.6) is 5.75 Å². The average molecular weight is 554 g/mol. The third-order valence-corrected chi connectivity index (χ3v) is 12.6. The largest absolute Gasteiger partial charge is 0.493 e. The lowest BCUT2D eigenvalue weighted by Crippen LogP contribution is -2.62. The summed E-state index contributed by atoms with van der Waals surface area (Å²) in [5.74, 6) is 2.91. The van der Waals surface area contributed by atoms with Crippen LogP contribution in [-0.2, 0) is 0 Å². The fourth-order valence-electron chi connectivity index (χ4n) is 10.7. The van der Waals surface area contributed by atoms with Gasteiger partial charge in [0.15, 0.2) is 11.3 Å². The van der Waals surface area contributed by atoms with Crippen LogP contribution in [0.15, 0.2) is 22.7 Å². The van der Waals surface area contributed by atoms with Gasteiger partial charge in [-0.3, -0.25) is 0 Å². The van der Waals surface area contributed by atoms with E-state index in [-0.39, 0.29) is 28.7 Å². The topological polar surface area (TPSA) is 113 Å². The quantitative estimate of drug-likeness (QED) is 0.356. The molecule has 4 aliphatic carbocycles. The highest BCUT2D eigenvalue weighted by Crippen LogP contribution is 2.69. The van der Waals surface area contributed by atoms with E-state index in [1.54, 1.807) is 18.2 Å². The second-order valence-corrected chi connectivity index (χ2v) is 14.2. The van der Waals surface area contributed by atoms with Gasteiger partial charge in [0, 0.05) is 6.07 Å². The number of aliphatic hydroxyl groups is 2. The van der Waals surface area contributed by atoms with E-state index in [9.17, 15) is 20.1 Å². The van der Waals surface area contributed by atoms with Crippen LogP contribution in [-0.4, -0.2) is 45.3 Å². The molecule has 11 atom stereocenters. The van der Waals surface area contributed by atoms with Gasteiger partial charge in [0.25, 0.3) is 0 Å². The number of aromatic nitrogens is 1. The number of hydrogen-bond acceptors (Lipinski definition) is 6. The number of carboxylic acid groups (broad SMARTS) is 1. The second kappa shape index (κ2) is 10.3. The summed E-state index contributed by atoms with van der Waals surface area (Å²) in [6, 6.07) is 5.21. The van der Waals surface area contributed by atoms with Gasteiger partial charge in [-0.2, -0.15) is 0 Å². The van der Waals surface area contributed by atoms with E-state index >= 15 is 0 Å². The maximum atomic E-state index is 11.9. The zero-order valence-electron chi connectivity index (χ0n) is 24.5. The van der Waals surface area contributed by atoms with E-state index in [0.29, 0.717) is 64.8 Å². The first-order valence-electron chi connectivity index (χ1n) is 15.7. The van der Waals surface area contributed by atoms with Crippen LogP contribution in [0.25, 0.3) is 11.0 Å². The van der Waals surface area contributed by atoms with Crippen molar-refractivity contribution in [3.63, 3.8) is 0 Å². The van der Waals surface area contributed by atoms with Crippen LogP contribution < -0.4 is 4.74 Å². The molecule has 3 N–H and O–H groups in total. The first kappa shape index (κ1) is 28.0. The number of ether oxygens (including phenoxy) is 1. The number of aromatic carboxylic acids is 1. The molecule has 220 valence electrons. The molecule has 2 aromatic rings. The predicted molar refractivity (Wildman–Crippen MR) is 152 cm³/mol. The summed E-state index contributed by atoms with van der Waals surface area (Å²) in [6.45, 7) is 10.2. The fourth-order valence-corrected chi connectivity index (χ4v) is 10.7. The van der Waals surface area contributed by atoms with E-state index in [1.165, 1.54) is 25.7 Å². The summed E-state index contributed by atoms with van der Waals surface area (Å²) >= 11 is 0. The zero-order valence-corrected chi connectivity index (χ0v) is 24.5. The third kappa shape index (κ3) is 4.29. The molecule has 4 aliphatic rings. The maximum Gasteiger partial charge on any atom is 0.358 e. The summed E-state index contributed by atoms with van der Waals surface area (Å²) in [4.78, 5) is 11.3. The average Bonchev–Trinajstić information content (AvgIpc) is 3.50. The molecule has 0 radical (unpaired) electrons. The van der Waals surface area contributed by atoms with Gasteiger partial charge in [-0.05, 0) is 116 Å². The van der Waals surface area contributed by atoms with Crippen molar-refractivity contribution in [3.05, 3.63) is 23.9 Å². The van der Waals surface area contributed by atoms with Crippen molar-refractivity contribution in [1.82, 2.24) is 5.16 Å². The smallest absolute Gasteiger partial charge is 0.358 e. The van der Waals surface area contributed by atoms with Gasteiger partial charge in [0.2, 0.25) is 0 Å². The summed E-state index contributed by atoms with van der Waals surface area (Å²) in [5, 5.41) is 35.8. The molecule has 4 fully saturated rings. The molecule has 40 heavy (non-hydrogen) atoms. The van der Waals surface area contributed by atoms with Crippen LogP contribution in [0.2, 0.25) is 0 Å². The summed E-state index contributed by atoms with van der Waals surface area (Å²) in [7, 11) is 0. The van der Waals surface area contributed by atoms with Crippen LogP contribution in [0.3, 0.4) is 0 Å². The van der Waals surface area contributed by atoms with Crippen molar-refractivity contribution in [2.75, 3.05) is 6.61 Å². The number of carboxylic acids is 1. The highest BCUT2D eigenvalue weighted by Gasteiger charge is 2.64. The molecule has 0 amide bonds. The van der Waals surface area contributed by atoms with Crippen molar-refractivity contribution in [1.29, 1.82) is 0 Å². The molecule has 1 aromatic heterocycles. The minimum absolute atomic E-state index is 0.0761. The van der Waals surface area contributed by atoms with Gasteiger partial charge in [-0.15, -0.1) is 0 Å². The standard InChI is InChI=1S/C33H47NO6/c1-5-21-26-16-19(35)10-13-33(26,4)25-11-14-32(3)23(8-9-24(32)28(25)30(21)36)18(2)12-15-39-20-6-7-22-27(17-20)40-34-29(22)31(37)38/h6-7,17-19,21,23-26,28,30,35-36H,5,8-16H2,1-4H3,(H,37,38)/t18-,19-,21-,23-,24+,25+,26+,28+,30-,32-,33-/m1/s1. The van der Waals surface area contributed by atoms with Crippen LogP contribution in [0.1, 0.15) is 96.0 Å². The van der Waals surface area contributed by atoms with Gasteiger partial charge < -0.3 is 24.6 Å². The zero-order chi connectivity index (χ0) is 28.4. The first-order valence-corrected chi connectivity index (χ1v) is 15.7. The number of benzene rings is 1. The molecule has 6 rings (SSSR count). The third-order valence-electron chi connectivity index (χ3n) is 12.6. The lowest BCUT2D eigenvalue weighted by atomic mass is 9.41. The summed E-state index contributed by atoms with van der Waals surface area (Å²) in [5.41, 5.74) is 0.820. The number of carbonyl (C=O) groups is 1. The number of hydrogen-bond donors (Lipinski definition) is 3. The molecule has 0 unspecified atom stereocenters. The van der Waals surface area contributed by atoms with Gasteiger partial charge in [0.1, 0.15) is 5.75 Å². The van der Waals surface area contributed by atoms with Crippen LogP contribution in [0.4, 0.5) is 0 Å². The predicted octanol–water partition coefficient (Wildman–Crippen LogP) is 6.56. The molecule has 1 aromatic carbocycles. The Kier molecular flexibility index (Phi) is 7.22. The summed E-state index contributed by atoms with van der Waals surface area (Å²) < 4.78 is 11.3. The Balaban J connectivity index is 1.14. The van der Waals surface area contributed by atoms with Crippen molar-refractivity contribution >= 4 is 16.9 Å². The number of fused-ring (bicyclic) bond motifs is 6. The van der Waals surface area contributed by atoms with Gasteiger partial charge >= 0.3 is 5.97 Å². The highest BCUT2D eigenvalue weighted by atomic mass is 16.5. The van der Waals surface area contributed by atoms with Crippen molar-refractivity contribution < 1.29 is 29.4 Å². The van der Waals surface area contributed by atoms with E-state index in [1.807, 2.05) is 0 Å². The molecule has 4 saturated carbocycles. The normalized spacial score (nSPS) is 41.6. The molecule has 1 heterocycles. The van der Waals surface area contributed by atoms with E-state index in [0.717, 1.165) is 32.1 Å². The lowest BCUT2D eigenvalue weighted by molar-refractivity contribution is -0.203. The van der Waals surface area contributed by atoms with Crippen LogP contribution in [0, 0.1) is 52.3 Å². The van der Waals surface area contributed by atoms with Crippen LogP contribution >= 0.6 is 0 Å². The Bertz CT molecular complexity index is 1240. The molecule has 7 heteroatoms. The SMILES string of the molecule is CC[C@H]1[C@@H](O)[C@@H]2[C@H](CC[C@]3(C)[C@@H]([C@H](C)CCOc4ccc5c(C(=O)O)noc5c4)CC[C@@H]23)[C@@]2(C)CC[C@@H](O)C[C@@H]12. The molecular weight excluding hydrogens is 506 g/mol. The Hall–Kier alpha value is -2.12. The monoisotopic (exact) mass is 553 g/mol. The number of aliphatic hydroxyl groups excluding tert-OH is 2. The Morgan fingerprint density at radius 2 is 1.85 bits per heavy atom. The lowest BCUT2D eigenvalue weighted by Gasteiger charge is -2.64. The molecule has 0 bridgehead atoms.